The Morgan fingerprint density at radius 2 is 1.45 bits per heavy atom. The Morgan fingerprint density at radius 3 is 2.15 bits per heavy atom. The molecule has 3 aromatic carbocycles. The molecule has 1 aromatic heterocycles. The number of hydrogen-bond donors (Lipinski definition) is 4. The number of fused-ring (bicyclic) bond motifs is 1. The van der Waals surface area contributed by atoms with E-state index in [-0.39, 0.29) is 37.7 Å². The van der Waals surface area contributed by atoms with Gasteiger partial charge in [0.2, 0.25) is 17.7 Å². The first-order chi connectivity index (χ1) is 26.5. The number of carbonyl (C=O) groups excluding carboxylic acids is 4. The molecule has 0 saturated carbocycles. The minimum atomic E-state index is -1.15. The summed E-state index contributed by atoms with van der Waals surface area (Å²) in [4.78, 5) is 60.9. The Hall–Kier alpha value is -5.29. The summed E-state index contributed by atoms with van der Waals surface area (Å²) in [5.74, 6) is -0.904. The summed E-state index contributed by atoms with van der Waals surface area (Å²) in [6.07, 6.45) is 2.70. The van der Waals surface area contributed by atoms with Gasteiger partial charge >= 0.3 is 6.09 Å². The Morgan fingerprint density at radius 1 is 0.782 bits per heavy atom. The minimum Gasteiger partial charge on any atom is -0.445 e. The number of pyridine rings is 1. The van der Waals surface area contributed by atoms with E-state index in [0.29, 0.717) is 31.0 Å². The third-order valence-corrected chi connectivity index (χ3v) is 9.79. The van der Waals surface area contributed by atoms with Crippen molar-refractivity contribution in [2.24, 2.45) is 11.8 Å². The number of rotatable bonds is 20. The van der Waals surface area contributed by atoms with E-state index in [1.165, 1.54) is 0 Å². The lowest BCUT2D eigenvalue weighted by Gasteiger charge is -2.30. The molecule has 0 aliphatic heterocycles. The summed E-state index contributed by atoms with van der Waals surface area (Å²) in [5.41, 5.74) is 2.32. The Kier molecular flexibility index (Phi) is 16.6. The molecule has 0 fully saturated rings. The lowest BCUT2D eigenvalue weighted by atomic mass is 9.95. The van der Waals surface area contributed by atoms with Crippen LogP contribution in [0.1, 0.15) is 70.6 Å². The third kappa shape index (κ3) is 13.5. The Bertz CT molecular complexity index is 1820. The highest BCUT2D eigenvalue weighted by Crippen LogP contribution is 2.21. The Labute approximate surface area is 325 Å². The molecule has 4 rings (SSSR count). The molecule has 11 heteroatoms. The van der Waals surface area contributed by atoms with Crippen LogP contribution < -0.4 is 16.0 Å². The SMILES string of the molecule is CCC(C)CN(CC)C(=O)CC(O)C(CC(C)C)NC(=O)[C@H](Cc1cccnc1)NC(=O)[C@H](Cc1cccc2ccccc12)NC(=O)OCc1ccccc1. The molecule has 294 valence electrons. The van der Waals surface area contributed by atoms with Crippen molar-refractivity contribution in [1.82, 2.24) is 25.8 Å². The summed E-state index contributed by atoms with van der Waals surface area (Å²) in [6.45, 7) is 11.1. The van der Waals surface area contributed by atoms with Gasteiger partial charge in [-0.15, -0.1) is 0 Å². The first kappa shape index (κ1) is 42.5. The van der Waals surface area contributed by atoms with E-state index in [2.05, 4.69) is 34.8 Å². The number of aliphatic hydroxyl groups is 1. The number of benzene rings is 3. The summed E-state index contributed by atoms with van der Waals surface area (Å²) in [6, 6.07) is 23.4. The molecule has 11 nitrogen and oxygen atoms in total. The maximum absolute atomic E-state index is 14.3. The number of nitrogens with one attached hydrogen (secondary N) is 3. The number of ether oxygens (including phenoxy) is 1. The van der Waals surface area contributed by atoms with Crippen molar-refractivity contribution in [2.45, 2.75) is 97.6 Å². The molecule has 0 saturated heterocycles. The zero-order chi connectivity index (χ0) is 39.7. The van der Waals surface area contributed by atoms with Crippen LogP contribution in [-0.4, -0.2) is 76.1 Å². The van der Waals surface area contributed by atoms with Gasteiger partial charge < -0.3 is 30.7 Å². The number of aromatic nitrogens is 1. The highest BCUT2D eigenvalue weighted by molar-refractivity contribution is 5.93. The molecule has 55 heavy (non-hydrogen) atoms. The zero-order valence-corrected chi connectivity index (χ0v) is 32.7. The van der Waals surface area contributed by atoms with Crippen LogP contribution in [0.25, 0.3) is 10.8 Å². The van der Waals surface area contributed by atoms with Gasteiger partial charge in [0.05, 0.1) is 18.6 Å². The molecule has 0 bridgehead atoms. The molecule has 4 N–H and O–H groups in total. The van der Waals surface area contributed by atoms with E-state index in [0.717, 1.165) is 28.3 Å². The fraction of sp³-hybridized carbons (Fsp3) is 0.432. The van der Waals surface area contributed by atoms with Crippen LogP contribution in [0.3, 0.4) is 0 Å². The quantitative estimate of drug-likeness (QED) is 0.0869. The number of carbonyl (C=O) groups is 4. The van der Waals surface area contributed by atoms with Crippen LogP contribution in [0.4, 0.5) is 4.79 Å². The van der Waals surface area contributed by atoms with Gasteiger partial charge in [-0.2, -0.15) is 0 Å². The fourth-order valence-corrected chi connectivity index (χ4v) is 6.51. The molecular formula is C44H57N5O6. The second-order valence-electron chi connectivity index (χ2n) is 14.7. The zero-order valence-electron chi connectivity index (χ0n) is 32.7. The summed E-state index contributed by atoms with van der Waals surface area (Å²) >= 11 is 0. The molecule has 1 heterocycles. The fourth-order valence-electron chi connectivity index (χ4n) is 6.51. The van der Waals surface area contributed by atoms with E-state index in [1.54, 1.807) is 23.4 Å². The predicted octanol–water partition coefficient (Wildman–Crippen LogP) is 5.98. The van der Waals surface area contributed by atoms with Crippen LogP contribution in [0.2, 0.25) is 0 Å². The van der Waals surface area contributed by atoms with E-state index in [9.17, 15) is 24.3 Å². The monoisotopic (exact) mass is 751 g/mol. The third-order valence-electron chi connectivity index (χ3n) is 9.79. The average molecular weight is 752 g/mol. The highest BCUT2D eigenvalue weighted by Gasteiger charge is 2.32. The van der Waals surface area contributed by atoms with Crippen molar-refractivity contribution < 1.29 is 29.0 Å². The Balaban J connectivity index is 1.58. The smallest absolute Gasteiger partial charge is 0.408 e. The van der Waals surface area contributed by atoms with Crippen LogP contribution in [0.5, 0.6) is 0 Å². The van der Waals surface area contributed by atoms with Gasteiger partial charge in [0.1, 0.15) is 18.7 Å². The number of alkyl carbamates (subject to hydrolysis) is 1. The molecule has 0 aliphatic carbocycles. The lowest BCUT2D eigenvalue weighted by molar-refractivity contribution is -0.135. The van der Waals surface area contributed by atoms with Crippen molar-refractivity contribution >= 4 is 34.6 Å². The lowest BCUT2D eigenvalue weighted by Crippen LogP contribution is -2.57. The summed E-state index contributed by atoms with van der Waals surface area (Å²) < 4.78 is 5.51. The van der Waals surface area contributed by atoms with Crippen molar-refractivity contribution in [3.8, 4) is 0 Å². The van der Waals surface area contributed by atoms with Crippen molar-refractivity contribution in [3.05, 3.63) is 114 Å². The number of aliphatic hydroxyl groups excluding tert-OH is 1. The second kappa shape index (κ2) is 21.6. The normalized spacial score (nSPS) is 13.9. The van der Waals surface area contributed by atoms with Gasteiger partial charge in [0.15, 0.2) is 0 Å². The van der Waals surface area contributed by atoms with Gasteiger partial charge in [-0.05, 0) is 58.7 Å². The topological polar surface area (TPSA) is 150 Å². The summed E-state index contributed by atoms with van der Waals surface area (Å²) in [7, 11) is 0. The first-order valence-corrected chi connectivity index (χ1v) is 19.4. The predicted molar refractivity (Wildman–Crippen MR) is 215 cm³/mol. The number of amides is 4. The molecule has 4 amide bonds. The van der Waals surface area contributed by atoms with Gasteiger partial charge in [-0.3, -0.25) is 19.4 Å². The molecular weight excluding hydrogens is 695 g/mol. The van der Waals surface area contributed by atoms with Gasteiger partial charge in [-0.25, -0.2) is 4.79 Å². The van der Waals surface area contributed by atoms with E-state index in [4.69, 9.17) is 4.74 Å². The molecule has 0 aliphatic rings. The van der Waals surface area contributed by atoms with E-state index in [1.807, 2.05) is 99.6 Å². The standard InChI is InChI=1S/C44H57N5O6/c1-6-31(5)28-49(7-2)41(51)26-40(50)37(23-30(3)4)46-42(52)38(24-33-17-14-22-45-27-33)47-43(53)39(48-44(54)55-29-32-15-9-8-10-16-32)25-35-20-13-19-34-18-11-12-21-36(34)35/h8-22,27,30-31,37-40,50H,6-7,23-26,28-29H2,1-5H3,(H,46,52)(H,47,53)(H,48,54)/t31?,37?,38-,39-,40?/m0/s1. The van der Waals surface area contributed by atoms with E-state index >= 15 is 0 Å². The molecule has 4 aromatic rings. The van der Waals surface area contributed by atoms with E-state index < -0.39 is 42.1 Å². The average Bonchev–Trinajstić information content (AvgIpc) is 3.18. The van der Waals surface area contributed by atoms with Gasteiger partial charge in [0.25, 0.3) is 0 Å². The maximum Gasteiger partial charge on any atom is 0.408 e. The van der Waals surface area contributed by atoms with Crippen molar-refractivity contribution in [1.29, 1.82) is 0 Å². The molecule has 3 unspecified atom stereocenters. The second-order valence-corrected chi connectivity index (χ2v) is 14.7. The van der Waals surface area contributed by atoms with Crippen LogP contribution in [-0.2, 0) is 38.6 Å². The number of nitrogens with zero attached hydrogens (tertiary/aromatic N) is 2. The molecule has 0 radical (unpaired) electrons. The minimum absolute atomic E-state index is 0.0109. The van der Waals surface area contributed by atoms with Crippen molar-refractivity contribution in [3.63, 3.8) is 0 Å². The first-order valence-electron chi connectivity index (χ1n) is 19.4. The molecule has 0 spiro atoms. The van der Waals surface area contributed by atoms with Crippen LogP contribution >= 0.6 is 0 Å². The van der Waals surface area contributed by atoms with Gasteiger partial charge in [0, 0.05) is 38.3 Å². The van der Waals surface area contributed by atoms with Crippen LogP contribution in [0.15, 0.2) is 97.3 Å². The highest BCUT2D eigenvalue weighted by atomic mass is 16.5. The largest absolute Gasteiger partial charge is 0.445 e. The molecule has 5 atom stereocenters. The number of hydrogen-bond acceptors (Lipinski definition) is 7. The summed E-state index contributed by atoms with van der Waals surface area (Å²) in [5, 5.41) is 21.9. The van der Waals surface area contributed by atoms with Crippen LogP contribution in [0, 0.1) is 11.8 Å². The van der Waals surface area contributed by atoms with Gasteiger partial charge in [-0.1, -0.05) is 113 Å². The van der Waals surface area contributed by atoms with Crippen molar-refractivity contribution in [2.75, 3.05) is 13.1 Å². The maximum atomic E-state index is 14.3.